The number of methoxy groups -OCH3 is 1. The van der Waals surface area contributed by atoms with Crippen LogP contribution >= 0.6 is 15.9 Å². The Morgan fingerprint density at radius 1 is 1.03 bits per heavy atom. The summed E-state index contributed by atoms with van der Waals surface area (Å²) in [4.78, 5) is 30.2. The second-order valence-electron chi connectivity index (χ2n) is 6.81. The van der Waals surface area contributed by atoms with E-state index in [1.165, 1.54) is 13.2 Å². The summed E-state index contributed by atoms with van der Waals surface area (Å²) in [6, 6.07) is 20.0. The minimum atomic E-state index is -0.607. The molecule has 0 saturated heterocycles. The van der Waals surface area contributed by atoms with Gasteiger partial charge in [0.2, 0.25) is 5.52 Å². The van der Waals surface area contributed by atoms with Gasteiger partial charge in [-0.3, -0.25) is 4.79 Å². The van der Waals surface area contributed by atoms with E-state index in [4.69, 9.17) is 9.47 Å². The Bertz CT molecular complexity index is 1330. The van der Waals surface area contributed by atoms with Gasteiger partial charge in [-0.2, -0.15) is 4.73 Å². The number of nitrogens with zero attached hydrogens (tertiary/aromatic N) is 2. The smallest absolute Gasteiger partial charge is 0.339 e. The zero-order valence-electron chi connectivity index (χ0n) is 16.9. The van der Waals surface area contributed by atoms with Crippen molar-refractivity contribution < 1.29 is 23.8 Å². The predicted molar refractivity (Wildman–Crippen MR) is 120 cm³/mol. The van der Waals surface area contributed by atoms with Crippen molar-refractivity contribution in [3.05, 3.63) is 105 Å². The quantitative estimate of drug-likeness (QED) is 0.173. The second kappa shape index (κ2) is 9.15. The lowest BCUT2D eigenvalue weighted by molar-refractivity contribution is -0.580. The van der Waals surface area contributed by atoms with Crippen LogP contribution in [0.4, 0.5) is 0 Å². The van der Waals surface area contributed by atoms with Gasteiger partial charge < -0.3 is 14.7 Å². The minimum Gasteiger partial charge on any atom is -0.618 e. The molecule has 0 amide bonds. The Hall–Kier alpha value is -3.78. The molecule has 0 unspecified atom stereocenters. The molecule has 1 aromatic heterocycles. The van der Waals surface area contributed by atoms with E-state index >= 15 is 0 Å². The van der Waals surface area contributed by atoms with Crippen LogP contribution in [0.5, 0.6) is 5.75 Å². The van der Waals surface area contributed by atoms with Gasteiger partial charge in [0, 0.05) is 10.0 Å². The van der Waals surface area contributed by atoms with Crippen molar-refractivity contribution in [1.29, 1.82) is 0 Å². The average molecular weight is 493 g/mol. The number of carbonyl (C=O) groups excluding carboxylic acids is 2. The molecule has 3 aromatic carbocycles. The van der Waals surface area contributed by atoms with Gasteiger partial charge in [-0.05, 0) is 40.2 Å². The maximum atomic E-state index is 13.3. The zero-order chi connectivity index (χ0) is 22.7. The molecule has 0 atom stereocenters. The first-order valence-electron chi connectivity index (χ1n) is 9.61. The molecule has 7 nitrogen and oxygen atoms in total. The molecular formula is C24H17BrN2O5. The van der Waals surface area contributed by atoms with Gasteiger partial charge >= 0.3 is 5.97 Å². The lowest BCUT2D eigenvalue weighted by Gasteiger charge is -2.12. The number of fused-ring (bicyclic) bond motifs is 1. The highest BCUT2D eigenvalue weighted by molar-refractivity contribution is 9.10. The Kier molecular flexibility index (Phi) is 6.13. The molecule has 0 radical (unpaired) electrons. The van der Waals surface area contributed by atoms with Crippen LogP contribution in [-0.4, -0.2) is 23.8 Å². The fourth-order valence-electron chi connectivity index (χ4n) is 3.21. The predicted octanol–water partition coefficient (Wildman–Crippen LogP) is 4.23. The lowest BCUT2D eigenvalue weighted by Crippen LogP contribution is -2.38. The standard InChI is InChI=1S/C24H17BrN2O5/c1-31-16-11-12-19-21(13-16)27(30)22(23(28)15-7-3-2-4-8-15)20(26-19)14-32-24(29)17-9-5-6-10-18(17)25/h2-13H,14H2,1H3. The molecule has 0 aliphatic rings. The summed E-state index contributed by atoms with van der Waals surface area (Å²) < 4.78 is 11.7. The highest BCUT2D eigenvalue weighted by atomic mass is 79.9. The van der Waals surface area contributed by atoms with Crippen LogP contribution in [0.15, 0.2) is 77.3 Å². The van der Waals surface area contributed by atoms with Gasteiger partial charge in [0.1, 0.15) is 17.9 Å². The van der Waals surface area contributed by atoms with Crippen LogP contribution in [-0.2, 0) is 11.3 Å². The third-order valence-electron chi connectivity index (χ3n) is 4.82. The molecule has 8 heteroatoms. The number of aromatic nitrogens is 2. The van der Waals surface area contributed by atoms with Crippen LogP contribution in [0, 0.1) is 5.21 Å². The van der Waals surface area contributed by atoms with Gasteiger partial charge in [-0.1, -0.05) is 42.5 Å². The van der Waals surface area contributed by atoms with Crippen molar-refractivity contribution in [1.82, 2.24) is 4.98 Å². The molecule has 0 spiro atoms. The molecule has 0 fully saturated rings. The Labute approximate surface area is 192 Å². The number of benzene rings is 3. The van der Waals surface area contributed by atoms with Crippen LogP contribution in [0.1, 0.15) is 32.1 Å². The zero-order valence-corrected chi connectivity index (χ0v) is 18.5. The summed E-state index contributed by atoms with van der Waals surface area (Å²) in [6.45, 7) is -0.349. The molecule has 1 heterocycles. The second-order valence-corrected chi connectivity index (χ2v) is 7.66. The van der Waals surface area contributed by atoms with Gasteiger partial charge in [-0.25, -0.2) is 9.78 Å². The average Bonchev–Trinajstić information content (AvgIpc) is 2.83. The SMILES string of the molecule is COc1ccc2nc(COC(=O)c3ccccc3Br)c(C(=O)c3ccccc3)[n+]([O-])c2c1. The first-order chi connectivity index (χ1) is 15.5. The van der Waals surface area contributed by atoms with Crippen LogP contribution < -0.4 is 9.47 Å². The van der Waals surface area contributed by atoms with Crippen LogP contribution in [0.3, 0.4) is 0 Å². The monoisotopic (exact) mass is 492 g/mol. The maximum Gasteiger partial charge on any atom is 0.339 e. The lowest BCUT2D eigenvalue weighted by atomic mass is 10.1. The first-order valence-corrected chi connectivity index (χ1v) is 10.4. The van der Waals surface area contributed by atoms with Crippen molar-refractivity contribution in [3.8, 4) is 5.75 Å². The third kappa shape index (κ3) is 4.17. The van der Waals surface area contributed by atoms with Crippen molar-refractivity contribution in [2.45, 2.75) is 6.61 Å². The summed E-state index contributed by atoms with van der Waals surface area (Å²) in [5, 5.41) is 13.3. The Morgan fingerprint density at radius 3 is 2.47 bits per heavy atom. The van der Waals surface area contributed by atoms with Gasteiger partial charge in [0.25, 0.3) is 11.5 Å². The number of hydrogen-bond acceptors (Lipinski definition) is 6. The molecule has 0 aliphatic heterocycles. The molecule has 32 heavy (non-hydrogen) atoms. The van der Waals surface area contributed by atoms with Crippen molar-refractivity contribution >= 4 is 38.7 Å². The highest BCUT2D eigenvalue weighted by Crippen LogP contribution is 2.21. The number of halogens is 1. The topological polar surface area (TPSA) is 92.4 Å². The Morgan fingerprint density at radius 2 is 1.75 bits per heavy atom. The number of hydrogen-bond donors (Lipinski definition) is 0. The molecule has 0 N–H and O–H groups in total. The van der Waals surface area contributed by atoms with E-state index in [-0.39, 0.29) is 23.5 Å². The van der Waals surface area contributed by atoms with Crippen LogP contribution in [0.25, 0.3) is 11.0 Å². The summed E-state index contributed by atoms with van der Waals surface area (Å²) in [6.07, 6.45) is 0. The van der Waals surface area contributed by atoms with Gasteiger partial charge in [0.05, 0.1) is 18.7 Å². The minimum absolute atomic E-state index is 0.0620. The van der Waals surface area contributed by atoms with Crippen molar-refractivity contribution in [2.24, 2.45) is 0 Å². The number of rotatable bonds is 6. The summed E-state index contributed by atoms with van der Waals surface area (Å²) >= 11 is 3.31. The molecule has 4 rings (SSSR count). The van der Waals surface area contributed by atoms with E-state index in [0.717, 1.165) is 0 Å². The maximum absolute atomic E-state index is 13.3. The first kappa shape index (κ1) is 21.5. The highest BCUT2D eigenvalue weighted by Gasteiger charge is 2.28. The molecule has 160 valence electrons. The largest absolute Gasteiger partial charge is 0.618 e. The van der Waals surface area contributed by atoms with Gasteiger partial charge in [-0.15, -0.1) is 0 Å². The number of ether oxygens (including phenoxy) is 2. The van der Waals surface area contributed by atoms with E-state index in [2.05, 4.69) is 20.9 Å². The van der Waals surface area contributed by atoms with E-state index in [9.17, 15) is 14.8 Å². The molecule has 0 aliphatic carbocycles. The Balaban J connectivity index is 1.78. The fourth-order valence-corrected chi connectivity index (χ4v) is 3.66. The van der Waals surface area contributed by atoms with Gasteiger partial charge in [0.15, 0.2) is 5.69 Å². The molecule has 0 bridgehead atoms. The van der Waals surface area contributed by atoms with Crippen molar-refractivity contribution in [3.63, 3.8) is 0 Å². The van der Waals surface area contributed by atoms with Crippen LogP contribution in [0.2, 0.25) is 0 Å². The summed E-state index contributed by atoms with van der Waals surface area (Å²) in [5.41, 5.74) is 1.01. The molecular weight excluding hydrogens is 476 g/mol. The number of ketones is 1. The van der Waals surface area contributed by atoms with E-state index in [1.807, 2.05) is 0 Å². The van der Waals surface area contributed by atoms with Crippen molar-refractivity contribution in [2.75, 3.05) is 7.11 Å². The van der Waals surface area contributed by atoms with E-state index < -0.39 is 11.8 Å². The normalized spacial score (nSPS) is 10.7. The molecule has 4 aromatic rings. The van der Waals surface area contributed by atoms with E-state index in [0.29, 0.717) is 31.6 Å². The van der Waals surface area contributed by atoms with E-state index in [1.54, 1.807) is 66.7 Å². The third-order valence-corrected chi connectivity index (χ3v) is 5.51. The summed E-state index contributed by atoms with van der Waals surface area (Å²) in [5.74, 6) is -0.676. The number of carbonyl (C=O) groups is 2. The fraction of sp³-hybridized carbons (Fsp3) is 0.0833. The molecule has 0 saturated carbocycles. The summed E-state index contributed by atoms with van der Waals surface area (Å²) in [7, 11) is 1.48. The number of esters is 1.